The molecule has 3 N–H and O–H groups in total. The fourth-order valence-corrected chi connectivity index (χ4v) is 7.42. The summed E-state index contributed by atoms with van der Waals surface area (Å²) in [6.07, 6.45) is -1.82. The van der Waals surface area contributed by atoms with Gasteiger partial charge in [-0.2, -0.15) is 8.42 Å². The molecule has 3 rings (SSSR count). The van der Waals surface area contributed by atoms with Crippen molar-refractivity contribution in [3.05, 3.63) is 23.0 Å². The molecule has 12 nitrogen and oxygen atoms in total. The van der Waals surface area contributed by atoms with Crippen LogP contribution in [0.4, 0.5) is 0 Å². The van der Waals surface area contributed by atoms with Crippen molar-refractivity contribution < 1.29 is 31.0 Å². The first kappa shape index (κ1) is 30.9. The molecule has 1 aromatic heterocycles. The number of nitrogens with two attached hydrogens (primary N) is 1. The summed E-state index contributed by atoms with van der Waals surface area (Å²) in [7, 11) is -7.55. The fraction of sp³-hybridized carbons (Fsp3) is 0.783. The predicted molar refractivity (Wildman–Crippen MR) is 148 cm³/mol. The number of aromatic nitrogens is 3. The number of hydrogen-bond donors (Lipinski definition) is 2. The predicted octanol–water partition coefficient (Wildman–Crippen LogP) is 2.85. The zero-order chi connectivity index (χ0) is 29.1. The van der Waals surface area contributed by atoms with Crippen LogP contribution in [0.5, 0.6) is 0 Å². The van der Waals surface area contributed by atoms with Crippen LogP contribution < -0.4 is 11.1 Å². The second-order valence-electron chi connectivity index (χ2n) is 13.0. The second-order valence-corrected chi connectivity index (χ2v) is 23.9. The summed E-state index contributed by atoms with van der Waals surface area (Å²) >= 11 is 0. The minimum atomic E-state index is -4.15. The SMILES string of the molecule is CNC(=O)c1cnnn1[C@@H]1OC(CO[Si](C)(C)C(C)(C)C)C2(OS(=O)(=O)C=C2N)[C@H]1O[Si](C)(C)C(C)(C)C. The third kappa shape index (κ3) is 5.38. The van der Waals surface area contributed by atoms with Gasteiger partial charge in [-0.25, -0.2) is 8.86 Å². The van der Waals surface area contributed by atoms with Crippen LogP contribution >= 0.6 is 0 Å². The number of rotatable bonds is 7. The third-order valence-corrected chi connectivity index (χ3v) is 18.4. The van der Waals surface area contributed by atoms with E-state index in [0.29, 0.717) is 0 Å². The lowest BCUT2D eigenvalue weighted by atomic mass is 9.89. The normalized spacial score (nSPS) is 28.1. The Balaban J connectivity index is 2.20. The Morgan fingerprint density at radius 1 is 1.16 bits per heavy atom. The summed E-state index contributed by atoms with van der Waals surface area (Å²) < 4.78 is 52.5. The molecule has 15 heteroatoms. The van der Waals surface area contributed by atoms with Crippen LogP contribution in [0.3, 0.4) is 0 Å². The maximum atomic E-state index is 12.8. The Kier molecular flexibility index (Phi) is 7.95. The lowest BCUT2D eigenvalue weighted by Gasteiger charge is -2.43. The molecule has 2 aliphatic heterocycles. The zero-order valence-electron chi connectivity index (χ0n) is 24.3. The number of carbonyl (C=O) groups excluding carboxylic acids is 1. The first-order valence-electron chi connectivity index (χ1n) is 12.6. The van der Waals surface area contributed by atoms with E-state index in [9.17, 15) is 13.2 Å². The van der Waals surface area contributed by atoms with Crippen molar-refractivity contribution in [3.8, 4) is 0 Å². The molecule has 1 aromatic rings. The number of ether oxygens (including phenoxy) is 1. The van der Waals surface area contributed by atoms with Gasteiger partial charge in [0.1, 0.15) is 17.9 Å². The number of amides is 1. The molecular weight excluding hydrogens is 547 g/mol. The van der Waals surface area contributed by atoms with Crippen LogP contribution in [0.1, 0.15) is 58.3 Å². The Morgan fingerprint density at radius 3 is 2.21 bits per heavy atom. The Bertz CT molecular complexity index is 1200. The lowest BCUT2D eigenvalue weighted by Crippen LogP contribution is -2.59. The molecule has 1 amide bonds. The maximum absolute atomic E-state index is 12.8. The van der Waals surface area contributed by atoms with Crippen LogP contribution in [-0.4, -0.2) is 77.4 Å². The van der Waals surface area contributed by atoms with E-state index in [0.717, 1.165) is 5.41 Å². The molecule has 1 saturated heterocycles. The molecule has 4 atom stereocenters. The van der Waals surface area contributed by atoms with E-state index in [-0.39, 0.29) is 28.1 Å². The molecule has 0 bridgehead atoms. The van der Waals surface area contributed by atoms with Gasteiger partial charge in [0, 0.05) is 7.05 Å². The number of nitrogens with one attached hydrogen (secondary N) is 1. The van der Waals surface area contributed by atoms with Crippen molar-refractivity contribution in [3.63, 3.8) is 0 Å². The molecule has 0 radical (unpaired) electrons. The molecule has 38 heavy (non-hydrogen) atoms. The van der Waals surface area contributed by atoms with Crippen molar-refractivity contribution in [1.29, 1.82) is 0 Å². The van der Waals surface area contributed by atoms with Gasteiger partial charge >= 0.3 is 0 Å². The molecule has 2 unspecified atom stereocenters. The van der Waals surface area contributed by atoms with E-state index in [4.69, 9.17) is 23.5 Å². The average Bonchev–Trinajstić information content (AvgIpc) is 3.40. The van der Waals surface area contributed by atoms with Gasteiger partial charge < -0.3 is 24.6 Å². The van der Waals surface area contributed by atoms with Crippen LogP contribution in [0, 0.1) is 0 Å². The quantitative estimate of drug-likeness (QED) is 0.358. The van der Waals surface area contributed by atoms with E-state index in [2.05, 4.69) is 70.3 Å². The first-order valence-corrected chi connectivity index (χ1v) is 19.9. The monoisotopic (exact) mass is 589 g/mol. The highest BCUT2D eigenvalue weighted by Gasteiger charge is 2.67. The van der Waals surface area contributed by atoms with Gasteiger partial charge in [-0.1, -0.05) is 46.8 Å². The van der Waals surface area contributed by atoms with Gasteiger partial charge in [0.25, 0.3) is 16.0 Å². The Labute approximate surface area is 228 Å². The highest BCUT2D eigenvalue weighted by atomic mass is 32.2. The first-order chi connectivity index (χ1) is 17.1. The molecule has 2 aliphatic rings. The van der Waals surface area contributed by atoms with Gasteiger partial charge in [0.05, 0.1) is 23.9 Å². The van der Waals surface area contributed by atoms with Crippen molar-refractivity contribution in [2.75, 3.05) is 13.7 Å². The van der Waals surface area contributed by atoms with Gasteiger partial charge in [-0.3, -0.25) is 4.79 Å². The largest absolute Gasteiger partial charge is 0.414 e. The summed E-state index contributed by atoms with van der Waals surface area (Å²) in [6.45, 7) is 20.7. The van der Waals surface area contributed by atoms with Crippen LogP contribution in [0.25, 0.3) is 0 Å². The van der Waals surface area contributed by atoms with Gasteiger partial charge in [-0.15, -0.1) is 5.10 Å². The Hall–Kier alpha value is -1.63. The fourth-order valence-electron chi connectivity index (χ4n) is 3.91. The van der Waals surface area contributed by atoms with E-state index < -0.39 is 56.7 Å². The van der Waals surface area contributed by atoms with Gasteiger partial charge in [-0.05, 0) is 36.3 Å². The smallest absolute Gasteiger partial charge is 0.292 e. The molecule has 3 heterocycles. The van der Waals surface area contributed by atoms with E-state index in [1.54, 1.807) is 0 Å². The minimum Gasteiger partial charge on any atom is -0.414 e. The highest BCUT2D eigenvalue weighted by Crippen LogP contribution is 2.52. The standard InChI is InChI=1S/C23H43N5O7SSi2/c1-21(2,3)37(8,9)32-13-17-23(16(24)14-36(30,31)35-23)18(34-38(10,11)22(4,5)6)20(33-17)28-15(12-26-27-28)19(29)25-7/h12,14,17-18,20H,13,24H2,1-11H3,(H,25,29)/t17?,18-,20+,23?/m0/s1. The summed E-state index contributed by atoms with van der Waals surface area (Å²) in [6, 6.07) is 0. The summed E-state index contributed by atoms with van der Waals surface area (Å²) in [5, 5.41) is 11.1. The summed E-state index contributed by atoms with van der Waals surface area (Å²) in [5.74, 6) is -0.442. The molecule has 1 fully saturated rings. The highest BCUT2D eigenvalue weighted by molar-refractivity contribution is 7.90. The number of nitrogens with zero attached hydrogens (tertiary/aromatic N) is 3. The topological polar surface area (TPSA) is 157 Å². The summed E-state index contributed by atoms with van der Waals surface area (Å²) in [4.78, 5) is 12.7. The van der Waals surface area contributed by atoms with Crippen molar-refractivity contribution >= 4 is 32.7 Å². The second kappa shape index (κ2) is 9.78. The Morgan fingerprint density at radius 2 is 1.74 bits per heavy atom. The van der Waals surface area contributed by atoms with Crippen molar-refractivity contribution in [1.82, 2.24) is 20.3 Å². The van der Waals surface area contributed by atoms with Gasteiger partial charge in [0.2, 0.25) is 0 Å². The molecule has 216 valence electrons. The third-order valence-electron chi connectivity index (χ3n) is 8.35. The van der Waals surface area contributed by atoms with Crippen molar-refractivity contribution in [2.24, 2.45) is 5.73 Å². The maximum Gasteiger partial charge on any atom is 0.292 e. The van der Waals surface area contributed by atoms with Crippen LogP contribution in [0.15, 0.2) is 17.3 Å². The minimum absolute atomic E-state index is 0.00157. The lowest BCUT2D eigenvalue weighted by molar-refractivity contribution is -0.0601. The van der Waals surface area contributed by atoms with Crippen LogP contribution in [-0.2, 0) is 27.9 Å². The van der Waals surface area contributed by atoms with Gasteiger partial charge in [0.15, 0.2) is 28.5 Å². The van der Waals surface area contributed by atoms with Crippen molar-refractivity contribution in [2.45, 2.75) is 102 Å². The molecule has 0 aromatic carbocycles. The van der Waals surface area contributed by atoms with E-state index in [1.165, 1.54) is 17.9 Å². The van der Waals surface area contributed by atoms with E-state index in [1.807, 2.05) is 13.1 Å². The average molecular weight is 590 g/mol. The number of carbonyl (C=O) groups is 1. The molecule has 0 aliphatic carbocycles. The number of hydrogen-bond acceptors (Lipinski definition) is 10. The molecule has 0 saturated carbocycles. The summed E-state index contributed by atoms with van der Waals surface area (Å²) in [5.41, 5.74) is 4.81. The zero-order valence-corrected chi connectivity index (χ0v) is 27.1. The van der Waals surface area contributed by atoms with Crippen LogP contribution in [0.2, 0.25) is 36.3 Å². The van der Waals surface area contributed by atoms with E-state index >= 15 is 0 Å². The molecular formula is C23H43N5O7SSi2. The molecule has 1 spiro atoms.